The number of nitrogens with zero attached hydrogens (tertiary/aromatic N) is 2. The lowest BCUT2D eigenvalue weighted by Gasteiger charge is -2.16. The summed E-state index contributed by atoms with van der Waals surface area (Å²) in [6, 6.07) is 17.8. The van der Waals surface area contributed by atoms with Gasteiger partial charge in [0, 0.05) is 37.3 Å². The zero-order chi connectivity index (χ0) is 20.1. The van der Waals surface area contributed by atoms with Gasteiger partial charge in [-0.1, -0.05) is 42.5 Å². The Morgan fingerprint density at radius 3 is 2.73 bits per heavy atom. The second-order valence-electron chi connectivity index (χ2n) is 7.19. The SMILES string of the molecule is Cc1ccccc1CNC(=O)c1nn(CCOc2ccccc2)c2c1CNCC2.Cl. The molecule has 3 aromatic rings. The fourth-order valence-electron chi connectivity index (χ4n) is 3.62. The van der Waals surface area contributed by atoms with Crippen molar-refractivity contribution >= 4 is 18.3 Å². The van der Waals surface area contributed by atoms with Crippen molar-refractivity contribution in [3.8, 4) is 5.75 Å². The maximum atomic E-state index is 12.9. The molecule has 1 aliphatic rings. The van der Waals surface area contributed by atoms with E-state index < -0.39 is 0 Å². The molecule has 4 rings (SSSR count). The Morgan fingerprint density at radius 2 is 1.93 bits per heavy atom. The maximum absolute atomic E-state index is 12.9. The molecule has 158 valence electrons. The molecule has 0 radical (unpaired) electrons. The van der Waals surface area contributed by atoms with E-state index in [4.69, 9.17) is 4.74 Å². The Kier molecular flexibility index (Phi) is 7.49. The third kappa shape index (κ3) is 5.01. The number of para-hydroxylation sites is 1. The number of carbonyl (C=O) groups is 1. The highest BCUT2D eigenvalue weighted by Gasteiger charge is 2.24. The van der Waals surface area contributed by atoms with Crippen molar-refractivity contribution in [1.82, 2.24) is 20.4 Å². The molecule has 0 saturated heterocycles. The Labute approximate surface area is 183 Å². The van der Waals surface area contributed by atoms with E-state index in [0.717, 1.165) is 35.5 Å². The second kappa shape index (κ2) is 10.3. The topological polar surface area (TPSA) is 68.2 Å². The summed E-state index contributed by atoms with van der Waals surface area (Å²) in [4.78, 5) is 12.9. The van der Waals surface area contributed by atoms with Crippen molar-refractivity contribution in [2.45, 2.75) is 33.0 Å². The molecule has 30 heavy (non-hydrogen) atoms. The van der Waals surface area contributed by atoms with Gasteiger partial charge in [0.15, 0.2) is 5.69 Å². The molecule has 0 unspecified atom stereocenters. The maximum Gasteiger partial charge on any atom is 0.272 e. The normalized spacial score (nSPS) is 12.6. The molecule has 1 aromatic heterocycles. The molecule has 1 amide bonds. The fourth-order valence-corrected chi connectivity index (χ4v) is 3.62. The van der Waals surface area contributed by atoms with E-state index in [2.05, 4.69) is 28.7 Å². The molecular formula is C23H27ClN4O2. The van der Waals surface area contributed by atoms with Crippen LogP contribution in [0.4, 0.5) is 0 Å². The van der Waals surface area contributed by atoms with E-state index in [1.54, 1.807) is 0 Å². The average molecular weight is 427 g/mol. The monoisotopic (exact) mass is 426 g/mol. The van der Waals surface area contributed by atoms with Gasteiger partial charge in [-0.3, -0.25) is 9.48 Å². The number of benzene rings is 2. The number of halogens is 1. The molecule has 6 nitrogen and oxygen atoms in total. The number of ether oxygens (including phenoxy) is 1. The first-order valence-electron chi connectivity index (χ1n) is 10.0. The minimum absolute atomic E-state index is 0. The highest BCUT2D eigenvalue weighted by molar-refractivity contribution is 5.94. The zero-order valence-corrected chi connectivity index (χ0v) is 17.9. The van der Waals surface area contributed by atoms with Crippen molar-refractivity contribution in [3.63, 3.8) is 0 Å². The van der Waals surface area contributed by atoms with Crippen molar-refractivity contribution < 1.29 is 9.53 Å². The summed E-state index contributed by atoms with van der Waals surface area (Å²) in [5.74, 6) is 0.710. The smallest absolute Gasteiger partial charge is 0.272 e. The number of fused-ring (bicyclic) bond motifs is 1. The van der Waals surface area contributed by atoms with Crippen molar-refractivity contribution in [1.29, 1.82) is 0 Å². The third-order valence-electron chi connectivity index (χ3n) is 5.24. The van der Waals surface area contributed by atoms with Gasteiger partial charge in [-0.05, 0) is 30.2 Å². The number of carbonyl (C=O) groups excluding carboxylic acids is 1. The van der Waals surface area contributed by atoms with Gasteiger partial charge >= 0.3 is 0 Å². The minimum atomic E-state index is -0.129. The lowest BCUT2D eigenvalue weighted by atomic mass is 10.1. The van der Waals surface area contributed by atoms with Crippen LogP contribution in [0.1, 0.15) is 32.9 Å². The number of aromatic nitrogens is 2. The molecular weight excluding hydrogens is 400 g/mol. The Bertz CT molecular complexity index is 988. The summed E-state index contributed by atoms with van der Waals surface area (Å²) in [5, 5.41) is 11.0. The van der Waals surface area contributed by atoms with Crippen LogP contribution in [0.25, 0.3) is 0 Å². The zero-order valence-electron chi connectivity index (χ0n) is 17.1. The highest BCUT2D eigenvalue weighted by Crippen LogP contribution is 2.19. The Morgan fingerprint density at radius 1 is 1.17 bits per heavy atom. The van der Waals surface area contributed by atoms with Gasteiger partial charge in [-0.25, -0.2) is 0 Å². The summed E-state index contributed by atoms with van der Waals surface area (Å²) in [6.45, 7) is 5.23. The minimum Gasteiger partial charge on any atom is -0.492 e. The Balaban J connectivity index is 0.00000256. The van der Waals surface area contributed by atoms with Crippen LogP contribution in [0, 0.1) is 6.92 Å². The molecule has 0 saturated carbocycles. The van der Waals surface area contributed by atoms with Gasteiger partial charge in [0.1, 0.15) is 12.4 Å². The first kappa shape index (κ1) is 21.9. The highest BCUT2D eigenvalue weighted by atomic mass is 35.5. The predicted molar refractivity (Wildman–Crippen MR) is 119 cm³/mol. The predicted octanol–water partition coefficient (Wildman–Crippen LogP) is 3.27. The van der Waals surface area contributed by atoms with Gasteiger partial charge in [0.25, 0.3) is 5.91 Å². The van der Waals surface area contributed by atoms with E-state index in [1.807, 2.05) is 53.2 Å². The quantitative estimate of drug-likeness (QED) is 0.608. The van der Waals surface area contributed by atoms with E-state index in [1.165, 1.54) is 5.56 Å². The van der Waals surface area contributed by atoms with Gasteiger partial charge in [-0.2, -0.15) is 5.10 Å². The number of rotatable bonds is 7. The van der Waals surface area contributed by atoms with E-state index >= 15 is 0 Å². The second-order valence-corrected chi connectivity index (χ2v) is 7.19. The first-order chi connectivity index (χ1) is 14.2. The molecule has 2 heterocycles. The fraction of sp³-hybridized carbons (Fsp3) is 0.304. The third-order valence-corrected chi connectivity index (χ3v) is 5.24. The number of hydrogen-bond donors (Lipinski definition) is 2. The van der Waals surface area contributed by atoms with Crippen LogP contribution in [0.5, 0.6) is 5.75 Å². The van der Waals surface area contributed by atoms with Gasteiger partial charge in [0.2, 0.25) is 0 Å². The van der Waals surface area contributed by atoms with Gasteiger partial charge in [-0.15, -0.1) is 12.4 Å². The molecule has 0 fully saturated rings. The summed E-state index contributed by atoms with van der Waals surface area (Å²) in [7, 11) is 0. The van der Waals surface area contributed by atoms with Crippen LogP contribution >= 0.6 is 12.4 Å². The molecule has 2 N–H and O–H groups in total. The standard InChI is InChI=1S/C23H26N4O2.ClH/c1-17-7-5-6-8-18(17)15-25-23(28)22-20-16-24-12-11-21(20)27(26-22)13-14-29-19-9-3-2-4-10-19;/h2-10,24H,11-16H2,1H3,(H,25,28);1H. The van der Waals surface area contributed by atoms with E-state index in [-0.39, 0.29) is 18.3 Å². The Hall–Kier alpha value is -2.83. The molecule has 0 spiro atoms. The van der Waals surface area contributed by atoms with Crippen molar-refractivity contribution in [2.75, 3.05) is 13.2 Å². The molecule has 0 bridgehead atoms. The summed E-state index contributed by atoms with van der Waals surface area (Å²) in [5.41, 5.74) is 4.92. The van der Waals surface area contributed by atoms with E-state index in [9.17, 15) is 4.79 Å². The van der Waals surface area contributed by atoms with Crippen LogP contribution in [-0.4, -0.2) is 28.8 Å². The lowest BCUT2D eigenvalue weighted by Crippen LogP contribution is -2.28. The van der Waals surface area contributed by atoms with Crippen LogP contribution in [0.15, 0.2) is 54.6 Å². The van der Waals surface area contributed by atoms with Crippen molar-refractivity contribution in [2.24, 2.45) is 0 Å². The molecule has 0 aliphatic carbocycles. The summed E-state index contributed by atoms with van der Waals surface area (Å²) < 4.78 is 7.74. The summed E-state index contributed by atoms with van der Waals surface area (Å²) in [6.07, 6.45) is 0.860. The molecule has 7 heteroatoms. The number of aryl methyl sites for hydroxylation is 1. The average Bonchev–Trinajstić information content (AvgIpc) is 3.13. The first-order valence-corrected chi connectivity index (χ1v) is 10.0. The van der Waals surface area contributed by atoms with Crippen molar-refractivity contribution in [3.05, 3.63) is 82.7 Å². The van der Waals surface area contributed by atoms with Crippen LogP contribution < -0.4 is 15.4 Å². The van der Waals surface area contributed by atoms with Crippen LogP contribution in [0.2, 0.25) is 0 Å². The summed E-state index contributed by atoms with van der Waals surface area (Å²) >= 11 is 0. The van der Waals surface area contributed by atoms with Crippen LogP contribution in [-0.2, 0) is 26.1 Å². The number of amides is 1. The molecule has 1 aliphatic heterocycles. The molecule has 0 atom stereocenters. The van der Waals surface area contributed by atoms with E-state index in [0.29, 0.717) is 31.9 Å². The van der Waals surface area contributed by atoms with Gasteiger partial charge in [0.05, 0.1) is 6.54 Å². The lowest BCUT2D eigenvalue weighted by molar-refractivity contribution is 0.0943. The molecule has 2 aromatic carbocycles. The number of nitrogens with one attached hydrogen (secondary N) is 2. The number of hydrogen-bond acceptors (Lipinski definition) is 4. The largest absolute Gasteiger partial charge is 0.492 e. The van der Waals surface area contributed by atoms with Gasteiger partial charge < -0.3 is 15.4 Å². The van der Waals surface area contributed by atoms with Crippen LogP contribution in [0.3, 0.4) is 0 Å².